The van der Waals surface area contributed by atoms with E-state index in [1.54, 1.807) is 16.9 Å². The molecule has 0 aliphatic carbocycles. The molecule has 0 radical (unpaired) electrons. The number of halogens is 1. The second-order valence-electron chi connectivity index (χ2n) is 2.93. The summed E-state index contributed by atoms with van der Waals surface area (Å²) in [6.45, 7) is 3.81. The largest absolute Gasteiger partial charge is 0.382 e. The van der Waals surface area contributed by atoms with E-state index in [1.807, 2.05) is 38.2 Å². The standard InChI is InChI=1S/C11H14ClN3/c1-3-5-10(8-9(12)4-2)15-7-6-11(13)14-15/h3-8H,1-2H3,(H2,13,14)/b5-3-,9-4-,10-8+. The van der Waals surface area contributed by atoms with Crippen molar-refractivity contribution in [2.45, 2.75) is 13.8 Å². The molecule has 1 aromatic heterocycles. The molecule has 0 amide bonds. The Bertz CT molecular complexity index is 413. The van der Waals surface area contributed by atoms with E-state index in [0.29, 0.717) is 10.9 Å². The van der Waals surface area contributed by atoms with Crippen LogP contribution in [0.5, 0.6) is 0 Å². The first kappa shape index (κ1) is 11.6. The normalized spacial score (nSPS) is 13.8. The molecular weight excluding hydrogens is 210 g/mol. The van der Waals surface area contributed by atoms with Gasteiger partial charge < -0.3 is 5.73 Å². The van der Waals surface area contributed by atoms with Crippen LogP contribution in [0.3, 0.4) is 0 Å². The van der Waals surface area contributed by atoms with Gasteiger partial charge in [0.05, 0.1) is 5.70 Å². The summed E-state index contributed by atoms with van der Waals surface area (Å²) in [5.41, 5.74) is 6.42. The van der Waals surface area contributed by atoms with E-state index in [1.165, 1.54) is 0 Å². The van der Waals surface area contributed by atoms with Gasteiger partial charge in [0.1, 0.15) is 5.82 Å². The van der Waals surface area contributed by atoms with Crippen molar-refractivity contribution in [2.75, 3.05) is 5.73 Å². The van der Waals surface area contributed by atoms with Crippen LogP contribution in [0.1, 0.15) is 13.8 Å². The lowest BCUT2D eigenvalue weighted by atomic mass is 10.3. The maximum Gasteiger partial charge on any atom is 0.145 e. The van der Waals surface area contributed by atoms with Crippen LogP contribution in [0.25, 0.3) is 5.70 Å². The minimum atomic E-state index is 0.488. The van der Waals surface area contributed by atoms with Crippen molar-refractivity contribution in [3.63, 3.8) is 0 Å². The van der Waals surface area contributed by atoms with Gasteiger partial charge in [-0.3, -0.25) is 0 Å². The molecule has 0 aliphatic heterocycles. The zero-order chi connectivity index (χ0) is 11.3. The SMILES string of the molecule is C\C=C/C(=C\C(Cl)=C\C)n1ccc(N)n1. The first-order valence-corrected chi connectivity index (χ1v) is 5.03. The van der Waals surface area contributed by atoms with Crippen LogP contribution < -0.4 is 5.73 Å². The molecule has 0 aromatic carbocycles. The van der Waals surface area contributed by atoms with Crippen molar-refractivity contribution in [1.82, 2.24) is 9.78 Å². The lowest BCUT2D eigenvalue weighted by Crippen LogP contribution is -1.97. The molecule has 0 saturated carbocycles. The molecule has 0 unspecified atom stereocenters. The van der Waals surface area contributed by atoms with Gasteiger partial charge in [-0.1, -0.05) is 23.8 Å². The van der Waals surface area contributed by atoms with Crippen LogP contribution >= 0.6 is 11.6 Å². The summed E-state index contributed by atoms with van der Waals surface area (Å²) in [5, 5.41) is 4.77. The van der Waals surface area contributed by atoms with Crippen molar-refractivity contribution in [3.8, 4) is 0 Å². The fraction of sp³-hybridized carbons (Fsp3) is 0.182. The highest BCUT2D eigenvalue weighted by Crippen LogP contribution is 2.13. The smallest absolute Gasteiger partial charge is 0.145 e. The summed E-state index contributed by atoms with van der Waals surface area (Å²) < 4.78 is 1.68. The number of anilines is 1. The van der Waals surface area contributed by atoms with Crippen molar-refractivity contribution in [3.05, 3.63) is 41.6 Å². The highest BCUT2D eigenvalue weighted by molar-refractivity contribution is 6.31. The molecule has 0 saturated heterocycles. The summed E-state index contributed by atoms with van der Waals surface area (Å²) in [6, 6.07) is 1.74. The number of allylic oxidation sites excluding steroid dienone is 6. The monoisotopic (exact) mass is 223 g/mol. The number of rotatable bonds is 3. The minimum Gasteiger partial charge on any atom is -0.382 e. The molecule has 1 heterocycles. The lowest BCUT2D eigenvalue weighted by Gasteiger charge is -2.01. The zero-order valence-electron chi connectivity index (χ0n) is 8.81. The van der Waals surface area contributed by atoms with Gasteiger partial charge in [0, 0.05) is 17.3 Å². The topological polar surface area (TPSA) is 43.8 Å². The molecule has 0 bridgehead atoms. The summed E-state index contributed by atoms with van der Waals surface area (Å²) in [4.78, 5) is 0. The highest BCUT2D eigenvalue weighted by atomic mass is 35.5. The third kappa shape index (κ3) is 3.29. The predicted octanol–water partition coefficient (Wildman–Crippen LogP) is 3.02. The fourth-order valence-electron chi connectivity index (χ4n) is 1.07. The molecular formula is C11H14ClN3. The molecule has 2 N–H and O–H groups in total. The van der Waals surface area contributed by atoms with Gasteiger partial charge in [0.25, 0.3) is 0 Å². The van der Waals surface area contributed by atoms with Gasteiger partial charge in [-0.2, -0.15) is 5.10 Å². The van der Waals surface area contributed by atoms with Crippen molar-refractivity contribution < 1.29 is 0 Å². The summed E-state index contributed by atoms with van der Waals surface area (Å²) in [7, 11) is 0. The van der Waals surface area contributed by atoms with Crippen LogP contribution in [0, 0.1) is 0 Å². The summed E-state index contributed by atoms with van der Waals surface area (Å²) in [6.07, 6.45) is 9.27. The first-order chi connectivity index (χ1) is 7.17. The molecule has 80 valence electrons. The van der Waals surface area contributed by atoms with Gasteiger partial charge in [0.15, 0.2) is 0 Å². The van der Waals surface area contributed by atoms with Gasteiger partial charge in [-0.05, 0) is 26.0 Å². The Kier molecular flexibility index (Phi) is 4.18. The highest BCUT2D eigenvalue weighted by Gasteiger charge is 1.99. The third-order valence-corrected chi connectivity index (χ3v) is 2.10. The van der Waals surface area contributed by atoms with E-state index in [2.05, 4.69) is 5.10 Å². The number of aromatic nitrogens is 2. The molecule has 0 atom stereocenters. The van der Waals surface area contributed by atoms with E-state index in [0.717, 1.165) is 5.70 Å². The van der Waals surface area contributed by atoms with Crippen LogP contribution in [0.4, 0.5) is 5.82 Å². The molecule has 4 heteroatoms. The Labute approximate surface area is 94.5 Å². The van der Waals surface area contributed by atoms with Gasteiger partial charge in [0.2, 0.25) is 0 Å². The number of nitrogens with two attached hydrogens (primary N) is 1. The third-order valence-electron chi connectivity index (χ3n) is 1.77. The second kappa shape index (κ2) is 5.41. The second-order valence-corrected chi connectivity index (χ2v) is 3.36. The number of nitrogen functional groups attached to an aromatic ring is 1. The average molecular weight is 224 g/mol. The van der Waals surface area contributed by atoms with Crippen molar-refractivity contribution in [1.29, 1.82) is 0 Å². The lowest BCUT2D eigenvalue weighted by molar-refractivity contribution is 0.915. The Morgan fingerprint density at radius 1 is 1.53 bits per heavy atom. The van der Waals surface area contributed by atoms with Crippen LogP contribution in [-0.2, 0) is 0 Å². The summed E-state index contributed by atoms with van der Waals surface area (Å²) in [5.74, 6) is 0.488. The Morgan fingerprint density at radius 2 is 2.27 bits per heavy atom. The van der Waals surface area contributed by atoms with Gasteiger partial charge in [-0.15, -0.1) is 0 Å². The van der Waals surface area contributed by atoms with Crippen LogP contribution in [0.2, 0.25) is 0 Å². The Morgan fingerprint density at radius 3 is 2.73 bits per heavy atom. The fourth-order valence-corrected chi connectivity index (χ4v) is 1.18. The maximum atomic E-state index is 5.93. The first-order valence-electron chi connectivity index (χ1n) is 4.65. The van der Waals surface area contributed by atoms with E-state index in [9.17, 15) is 0 Å². The Balaban J connectivity index is 3.08. The van der Waals surface area contributed by atoms with E-state index < -0.39 is 0 Å². The molecule has 1 rings (SSSR count). The van der Waals surface area contributed by atoms with Crippen molar-refractivity contribution >= 4 is 23.1 Å². The van der Waals surface area contributed by atoms with E-state index in [4.69, 9.17) is 17.3 Å². The minimum absolute atomic E-state index is 0.488. The van der Waals surface area contributed by atoms with Crippen LogP contribution in [0.15, 0.2) is 41.6 Å². The molecule has 0 aliphatic rings. The average Bonchev–Trinajstić information content (AvgIpc) is 2.64. The molecule has 15 heavy (non-hydrogen) atoms. The molecule has 0 fully saturated rings. The number of nitrogens with zero attached hydrogens (tertiary/aromatic N) is 2. The quantitative estimate of drug-likeness (QED) is 0.801. The molecule has 1 aromatic rings. The van der Waals surface area contributed by atoms with Gasteiger partial charge >= 0.3 is 0 Å². The van der Waals surface area contributed by atoms with Gasteiger partial charge in [-0.25, -0.2) is 4.68 Å². The predicted molar refractivity (Wildman–Crippen MR) is 65.3 cm³/mol. The Hall–Kier alpha value is -1.48. The van der Waals surface area contributed by atoms with Crippen LogP contribution in [-0.4, -0.2) is 9.78 Å². The molecule has 0 spiro atoms. The molecule has 3 nitrogen and oxygen atoms in total. The number of hydrogen-bond donors (Lipinski definition) is 1. The van der Waals surface area contributed by atoms with E-state index >= 15 is 0 Å². The van der Waals surface area contributed by atoms with Crippen molar-refractivity contribution in [2.24, 2.45) is 0 Å². The number of hydrogen-bond acceptors (Lipinski definition) is 2. The zero-order valence-corrected chi connectivity index (χ0v) is 9.57. The maximum absolute atomic E-state index is 5.93. The van der Waals surface area contributed by atoms with E-state index in [-0.39, 0.29) is 0 Å². The summed E-state index contributed by atoms with van der Waals surface area (Å²) >= 11 is 5.93.